The predicted molar refractivity (Wildman–Crippen MR) is 156 cm³/mol. The summed E-state index contributed by atoms with van der Waals surface area (Å²) < 4.78 is 13.2. The molecule has 5 fully saturated rings. The van der Waals surface area contributed by atoms with Crippen molar-refractivity contribution in [2.45, 2.75) is 97.2 Å². The van der Waals surface area contributed by atoms with Gasteiger partial charge < -0.3 is 20.4 Å². The van der Waals surface area contributed by atoms with Crippen molar-refractivity contribution in [2.75, 3.05) is 12.3 Å². The number of ketones is 1. The van der Waals surface area contributed by atoms with E-state index in [0.717, 1.165) is 24.6 Å². The molecule has 5 rings (SSSR count). The number of hydrogen-bond acceptors (Lipinski definition) is 9. The fourth-order valence-corrected chi connectivity index (χ4v) is 8.25. The summed E-state index contributed by atoms with van der Waals surface area (Å²) in [5.41, 5.74) is 7.09. The molecule has 41 heavy (non-hydrogen) atoms. The van der Waals surface area contributed by atoms with Gasteiger partial charge in [0, 0.05) is 37.0 Å². The third kappa shape index (κ3) is 7.07. The monoisotopic (exact) mass is 593 g/mol. The van der Waals surface area contributed by atoms with Gasteiger partial charge >= 0.3 is 7.12 Å². The number of nitro groups is 1. The molecule has 2 bridgehead atoms. The van der Waals surface area contributed by atoms with Gasteiger partial charge in [0.05, 0.1) is 17.6 Å². The van der Waals surface area contributed by atoms with Crippen LogP contribution in [0.25, 0.3) is 0 Å². The van der Waals surface area contributed by atoms with Crippen LogP contribution in [0.3, 0.4) is 0 Å². The second-order valence-electron chi connectivity index (χ2n) is 13.3. The molecule has 0 radical (unpaired) electrons. The van der Waals surface area contributed by atoms with E-state index in [-0.39, 0.29) is 71.4 Å². The number of hydrogen-bond donors (Lipinski definition) is 3. The zero-order chi connectivity index (χ0) is 30.1. The summed E-state index contributed by atoms with van der Waals surface area (Å²) in [6.45, 7) is 11.1. The SMILES string of the molecule is CC(C)C[C@H](NC(=O)[C@H](CCCN=C(N)N[N+](=O)[O-])CC(=O)[C@H]1CSC(=O)C1)B1O[C@@H]2C[C@@H]3C[C@@H](C3(C)C)[C@]2(C)O1. The molecule has 5 aliphatic rings. The first-order valence-electron chi connectivity index (χ1n) is 14.7. The van der Waals surface area contributed by atoms with E-state index in [1.165, 1.54) is 0 Å². The zero-order valence-electron chi connectivity index (χ0n) is 24.7. The summed E-state index contributed by atoms with van der Waals surface area (Å²) in [6, 6.07) is 0. The fraction of sp³-hybridized carbons (Fsp3) is 0.852. The molecular formula is C27H44BN5O7S. The molecule has 14 heteroatoms. The maximum absolute atomic E-state index is 13.7. The minimum atomic E-state index is -0.794. The van der Waals surface area contributed by atoms with Crippen LogP contribution in [-0.2, 0) is 23.7 Å². The zero-order valence-corrected chi connectivity index (χ0v) is 25.5. The summed E-state index contributed by atoms with van der Waals surface area (Å²) >= 11 is 1.16. The number of guanidine groups is 1. The number of carbonyl (C=O) groups excluding carboxylic acids is 3. The number of thioether (sulfide) groups is 1. The van der Waals surface area contributed by atoms with E-state index < -0.39 is 23.7 Å². The van der Waals surface area contributed by atoms with Gasteiger partial charge in [0.15, 0.2) is 10.1 Å². The maximum atomic E-state index is 13.7. The lowest BCUT2D eigenvalue weighted by molar-refractivity contribution is -0.525. The Morgan fingerprint density at radius 3 is 2.63 bits per heavy atom. The summed E-state index contributed by atoms with van der Waals surface area (Å²) in [4.78, 5) is 53.0. The molecule has 7 atom stereocenters. The third-order valence-corrected chi connectivity index (χ3v) is 10.7. The van der Waals surface area contributed by atoms with Crippen LogP contribution in [0.1, 0.15) is 79.6 Å². The number of nitrogens with zero attached hydrogens (tertiary/aromatic N) is 2. The number of Topliss-reactive ketones (excluding diaryl/α,β-unsaturated/α-hetero) is 1. The average molecular weight is 594 g/mol. The molecule has 1 amide bonds. The molecule has 3 aliphatic carbocycles. The Labute approximate surface area is 246 Å². The van der Waals surface area contributed by atoms with E-state index in [9.17, 15) is 24.5 Å². The second kappa shape index (κ2) is 12.6. The molecule has 0 aromatic carbocycles. The number of hydrazine groups is 1. The Kier molecular flexibility index (Phi) is 9.74. The van der Waals surface area contributed by atoms with Crippen LogP contribution in [0, 0.1) is 45.1 Å². The van der Waals surface area contributed by atoms with E-state index in [4.69, 9.17) is 15.0 Å². The van der Waals surface area contributed by atoms with Crippen molar-refractivity contribution in [3.05, 3.63) is 10.1 Å². The van der Waals surface area contributed by atoms with Gasteiger partial charge in [-0.3, -0.25) is 14.4 Å². The lowest BCUT2D eigenvalue weighted by Crippen LogP contribution is -2.65. The highest BCUT2D eigenvalue weighted by Crippen LogP contribution is 2.65. The summed E-state index contributed by atoms with van der Waals surface area (Å²) in [6.07, 6.45) is 3.66. The van der Waals surface area contributed by atoms with E-state index in [0.29, 0.717) is 36.9 Å². The highest BCUT2D eigenvalue weighted by atomic mass is 32.2. The largest absolute Gasteiger partial charge is 0.481 e. The molecule has 228 valence electrons. The van der Waals surface area contributed by atoms with Crippen LogP contribution in [0.2, 0.25) is 0 Å². The van der Waals surface area contributed by atoms with Gasteiger partial charge in [-0.25, -0.2) is 15.1 Å². The summed E-state index contributed by atoms with van der Waals surface area (Å²) in [7, 11) is -0.579. The lowest BCUT2D eigenvalue weighted by atomic mass is 9.43. The molecule has 2 heterocycles. The molecule has 12 nitrogen and oxygen atoms in total. The Morgan fingerprint density at radius 2 is 2.02 bits per heavy atom. The van der Waals surface area contributed by atoms with Crippen LogP contribution in [0.15, 0.2) is 4.99 Å². The van der Waals surface area contributed by atoms with Crippen molar-refractivity contribution in [2.24, 2.45) is 45.7 Å². The van der Waals surface area contributed by atoms with Gasteiger partial charge in [-0.15, -0.1) is 0 Å². The third-order valence-electron chi connectivity index (χ3n) is 9.68. The van der Waals surface area contributed by atoms with Gasteiger partial charge in [-0.05, 0) is 62.2 Å². The van der Waals surface area contributed by atoms with Crippen LogP contribution < -0.4 is 16.5 Å². The van der Waals surface area contributed by atoms with Crippen molar-refractivity contribution in [3.8, 4) is 0 Å². The number of nitrogens with one attached hydrogen (secondary N) is 2. The van der Waals surface area contributed by atoms with Crippen LogP contribution in [-0.4, -0.2) is 64.9 Å². The second-order valence-corrected chi connectivity index (χ2v) is 14.4. The standard InChI is InChI=1S/C27H44BN5O7S/c1-15(2)9-22(28-39-21-13-18-12-20(26(18,3)4)27(21,5)40-28)31-24(36)16(7-6-8-30-25(29)32-33(37)38)10-19(34)17-11-23(35)41-14-17/h15-18,20-22H,6-14H2,1-5H3,(H,31,36)(H3,29,30,32)/t16-,17-,18+,20+,21-,22+,27+/m1/s1. The van der Waals surface area contributed by atoms with E-state index >= 15 is 0 Å². The van der Waals surface area contributed by atoms with Gasteiger partial charge in [-0.1, -0.05) is 44.9 Å². The number of amides is 1. The Balaban J connectivity index is 1.44. The number of nitrogens with two attached hydrogens (primary N) is 1. The van der Waals surface area contributed by atoms with Crippen molar-refractivity contribution >= 4 is 41.6 Å². The Morgan fingerprint density at radius 1 is 1.29 bits per heavy atom. The van der Waals surface area contributed by atoms with E-state index in [1.807, 2.05) is 0 Å². The van der Waals surface area contributed by atoms with Crippen LogP contribution >= 0.6 is 11.8 Å². The Bertz CT molecular complexity index is 1070. The molecule has 3 saturated carbocycles. The number of rotatable bonds is 13. The fourth-order valence-electron chi connectivity index (χ4n) is 7.24. The lowest BCUT2D eigenvalue weighted by Gasteiger charge is -2.64. The van der Waals surface area contributed by atoms with Gasteiger partial charge in [0.2, 0.25) is 5.91 Å². The molecule has 2 aliphatic heterocycles. The normalized spacial score (nSPS) is 31.8. The van der Waals surface area contributed by atoms with Crippen molar-refractivity contribution in [1.82, 2.24) is 10.7 Å². The first-order chi connectivity index (χ1) is 19.2. The van der Waals surface area contributed by atoms with Crippen molar-refractivity contribution < 1.29 is 28.7 Å². The Hall–Kier alpha value is -2.19. The first kappa shape index (κ1) is 31.7. The minimum Gasteiger partial charge on any atom is -0.404 e. The van der Waals surface area contributed by atoms with Crippen molar-refractivity contribution in [1.29, 1.82) is 0 Å². The average Bonchev–Trinajstić information content (AvgIpc) is 3.47. The van der Waals surface area contributed by atoms with Gasteiger partial charge in [-0.2, -0.15) is 0 Å². The van der Waals surface area contributed by atoms with Crippen LogP contribution in [0.4, 0.5) is 0 Å². The molecule has 4 N–H and O–H groups in total. The predicted octanol–water partition coefficient (Wildman–Crippen LogP) is 2.52. The summed E-state index contributed by atoms with van der Waals surface area (Å²) in [5, 5.41) is 12.9. The number of carbonyl (C=O) groups is 3. The highest BCUT2D eigenvalue weighted by molar-refractivity contribution is 8.14. The smallest absolute Gasteiger partial charge is 0.404 e. The summed E-state index contributed by atoms with van der Waals surface area (Å²) in [5.74, 6) is -0.391. The molecule has 2 saturated heterocycles. The molecule has 0 aromatic heterocycles. The molecule has 0 aromatic rings. The van der Waals surface area contributed by atoms with Gasteiger partial charge in [0.1, 0.15) is 5.78 Å². The minimum absolute atomic E-state index is 0.00368. The van der Waals surface area contributed by atoms with Crippen molar-refractivity contribution in [3.63, 3.8) is 0 Å². The molecule has 0 unspecified atom stereocenters. The van der Waals surface area contributed by atoms with Gasteiger partial charge in [0.25, 0.3) is 5.96 Å². The quantitative estimate of drug-likeness (QED) is 0.0719. The van der Waals surface area contributed by atoms with Crippen LogP contribution in [0.5, 0.6) is 0 Å². The van der Waals surface area contributed by atoms with E-state index in [1.54, 1.807) is 5.43 Å². The number of aliphatic imine (C=N–C) groups is 1. The highest BCUT2D eigenvalue weighted by Gasteiger charge is 2.68. The maximum Gasteiger partial charge on any atom is 0.481 e. The molecular weight excluding hydrogens is 549 g/mol. The molecule has 0 spiro atoms. The first-order valence-corrected chi connectivity index (χ1v) is 15.7. The topological polar surface area (TPSA) is 175 Å². The van der Waals surface area contributed by atoms with E-state index in [2.05, 4.69) is 44.9 Å².